The minimum Gasteiger partial charge on any atom is -0.459 e. The maximum absolute atomic E-state index is 12.6. The van der Waals surface area contributed by atoms with Gasteiger partial charge in [-0.25, -0.2) is 0 Å². The van der Waals surface area contributed by atoms with E-state index in [9.17, 15) is 34.2 Å². The average molecular weight is 1050 g/mol. The number of hydrogen-bond acceptors (Lipinski definition) is 12. The average Bonchev–Trinajstić information content (AvgIpc) is 3.95. The Kier molecular flexibility index (Phi) is 15.5. The van der Waals surface area contributed by atoms with Crippen LogP contribution in [0, 0.1) is 87.3 Å². The Balaban J connectivity index is 0.000000123. The molecule has 0 amide bonds. The molecule has 12 nitrogen and oxygen atoms in total. The molecule has 0 aromatic heterocycles. The van der Waals surface area contributed by atoms with Crippen molar-refractivity contribution >= 4 is 29.8 Å². The molecule has 0 aromatic carbocycles. The Morgan fingerprint density at radius 3 is 1.49 bits per heavy atom. The Morgan fingerprint density at radius 1 is 0.573 bits per heavy atom. The lowest BCUT2D eigenvalue weighted by Crippen LogP contribution is -2.67. The van der Waals surface area contributed by atoms with Crippen molar-refractivity contribution in [2.24, 2.45) is 87.3 Å². The highest BCUT2D eigenvalue weighted by Crippen LogP contribution is 2.65. The molecule has 12 heteroatoms. The standard InChI is InChI=1S/C19H32O2.C16H26O4.C15H24O2.C13H18O4/c1-6-17(2,3)16(20)21-18(4,5)19-10-13-7-14(11-19)9-15(8-13)12-19;1-4-13(2,3)12(17)20-16-7-11-5-14(18,9-16)8-15(19,6-11)10-16;1-3-10(2)14(16)17-15-7-11-4-12(8-15)6-13(5-11)9-15;1-3-6(2)12(14)16-10-7-4-8-9(5-7)13(15)17-11(8)10/h13-15H,6-12H2,1-5H3;11,18-19H,4-10H2,1-3H3;10-13H,3-9H2,1-2H3;6-11H,3-5H2,1-2H3. The third-order valence-corrected chi connectivity index (χ3v) is 22.8. The van der Waals surface area contributed by atoms with Gasteiger partial charge in [0, 0.05) is 36.5 Å². The lowest BCUT2D eigenvalue weighted by Gasteiger charge is -2.62. The Hall–Kier alpha value is -2.73. The monoisotopic (exact) mass is 1050 g/mol. The van der Waals surface area contributed by atoms with E-state index in [2.05, 4.69) is 27.7 Å². The van der Waals surface area contributed by atoms with Gasteiger partial charge in [0.25, 0.3) is 0 Å². The van der Waals surface area contributed by atoms with Gasteiger partial charge in [-0.15, -0.1) is 0 Å². The Bertz CT molecular complexity index is 2070. The molecular formula is C63H100O12. The normalized spacial score (nSPS) is 43.3. The predicted octanol–water partition coefficient (Wildman–Crippen LogP) is 12.2. The summed E-state index contributed by atoms with van der Waals surface area (Å²) in [5.41, 5.74) is -3.31. The molecule has 1 saturated heterocycles. The van der Waals surface area contributed by atoms with E-state index in [0.29, 0.717) is 31.1 Å². The molecule has 9 unspecified atom stereocenters. The zero-order valence-electron chi connectivity index (χ0n) is 48.5. The highest BCUT2D eigenvalue weighted by molar-refractivity contribution is 5.78. The first-order valence-corrected chi connectivity index (χ1v) is 30.5. The molecule has 1 aliphatic heterocycles. The fourth-order valence-electron chi connectivity index (χ4n) is 18.4. The van der Waals surface area contributed by atoms with E-state index in [4.69, 9.17) is 23.7 Å². The van der Waals surface area contributed by atoms with Crippen LogP contribution in [0.25, 0.3) is 0 Å². The van der Waals surface area contributed by atoms with Crippen LogP contribution in [0.3, 0.4) is 0 Å². The van der Waals surface area contributed by atoms with Crippen molar-refractivity contribution in [2.45, 2.75) is 277 Å². The number of carbonyl (C=O) groups is 5. The molecule has 15 fully saturated rings. The quantitative estimate of drug-likeness (QED) is 0.132. The van der Waals surface area contributed by atoms with Crippen LogP contribution in [0.1, 0.15) is 237 Å². The second kappa shape index (κ2) is 20.4. The SMILES string of the molecule is CCC(C)(C)C(=O)OC(C)(C)C12CC3CC(CC(C3)C1)C2.CCC(C)(C)C(=O)OC12CC3CC(O)(CC(O)(C3)C1)C2.CCC(C)C(=O)OC12CC3CC(CC(C3)C1)C2.CCC(C)C(=O)OC1C2CC3C(=O)OC1C3C2. The van der Waals surface area contributed by atoms with Crippen molar-refractivity contribution in [3.8, 4) is 0 Å². The van der Waals surface area contributed by atoms with E-state index in [-0.39, 0.29) is 87.8 Å². The number of ether oxygens (including phenoxy) is 5. The first-order chi connectivity index (χ1) is 35.0. The minimum absolute atomic E-state index is 0.00857. The van der Waals surface area contributed by atoms with Gasteiger partial charge in [-0.1, -0.05) is 41.5 Å². The Labute approximate surface area is 450 Å². The van der Waals surface area contributed by atoms with Gasteiger partial charge in [-0.05, 0) is 218 Å². The van der Waals surface area contributed by atoms with Crippen molar-refractivity contribution in [3.05, 3.63) is 0 Å². The molecule has 424 valence electrons. The van der Waals surface area contributed by atoms with Crippen LogP contribution in [-0.2, 0) is 47.7 Å². The molecule has 15 aliphatic rings. The fraction of sp³-hybridized carbons (Fsp3) is 0.921. The lowest BCUT2D eigenvalue weighted by molar-refractivity contribution is -0.264. The molecule has 75 heavy (non-hydrogen) atoms. The van der Waals surface area contributed by atoms with E-state index >= 15 is 0 Å². The molecule has 2 N–H and O–H groups in total. The second-order valence-corrected chi connectivity index (χ2v) is 30.0. The van der Waals surface area contributed by atoms with Crippen LogP contribution in [0.2, 0.25) is 0 Å². The highest BCUT2D eigenvalue weighted by Gasteiger charge is 2.66. The van der Waals surface area contributed by atoms with Crippen LogP contribution in [0.4, 0.5) is 0 Å². The molecule has 9 atom stereocenters. The summed E-state index contributed by atoms with van der Waals surface area (Å²) in [5.74, 6) is 5.88. The molecular weight excluding hydrogens is 949 g/mol. The summed E-state index contributed by atoms with van der Waals surface area (Å²) >= 11 is 0. The van der Waals surface area contributed by atoms with Gasteiger partial charge in [-0.3, -0.25) is 24.0 Å². The molecule has 14 bridgehead atoms. The first kappa shape index (κ1) is 57.0. The van der Waals surface area contributed by atoms with E-state index in [1.54, 1.807) is 0 Å². The third-order valence-electron chi connectivity index (χ3n) is 22.8. The summed E-state index contributed by atoms with van der Waals surface area (Å²) in [6.45, 7) is 24.1. The number of hydrogen-bond donors (Lipinski definition) is 2. The Morgan fingerprint density at radius 2 is 1.03 bits per heavy atom. The van der Waals surface area contributed by atoms with Crippen molar-refractivity contribution in [2.75, 3.05) is 0 Å². The van der Waals surface area contributed by atoms with Gasteiger partial charge in [0.1, 0.15) is 29.0 Å². The van der Waals surface area contributed by atoms with Crippen LogP contribution >= 0.6 is 0 Å². The molecule has 1 heterocycles. The maximum atomic E-state index is 12.6. The van der Waals surface area contributed by atoms with E-state index in [0.717, 1.165) is 113 Å². The number of aliphatic hydroxyl groups is 2. The minimum atomic E-state index is -0.842. The summed E-state index contributed by atoms with van der Waals surface area (Å²) in [5, 5.41) is 21.3. The zero-order valence-corrected chi connectivity index (χ0v) is 48.5. The van der Waals surface area contributed by atoms with Gasteiger partial charge in [-0.2, -0.15) is 0 Å². The number of carbonyl (C=O) groups excluding carboxylic acids is 5. The van der Waals surface area contributed by atoms with E-state index in [1.807, 2.05) is 55.4 Å². The fourth-order valence-corrected chi connectivity index (χ4v) is 18.4. The summed E-state index contributed by atoms with van der Waals surface area (Å²) in [6.07, 6.45) is 24.3. The van der Waals surface area contributed by atoms with Crippen LogP contribution in [0.5, 0.6) is 0 Å². The van der Waals surface area contributed by atoms with Crippen LogP contribution < -0.4 is 0 Å². The maximum Gasteiger partial charge on any atom is 0.312 e. The van der Waals surface area contributed by atoms with Gasteiger partial charge < -0.3 is 33.9 Å². The molecule has 0 aromatic rings. The van der Waals surface area contributed by atoms with Gasteiger partial charge >= 0.3 is 29.8 Å². The topological polar surface area (TPSA) is 172 Å². The van der Waals surface area contributed by atoms with Crippen LogP contribution in [-0.4, -0.2) is 80.3 Å². The van der Waals surface area contributed by atoms with E-state index < -0.39 is 22.2 Å². The van der Waals surface area contributed by atoms with Crippen LogP contribution in [0.15, 0.2) is 0 Å². The van der Waals surface area contributed by atoms with E-state index in [1.165, 1.54) is 57.8 Å². The van der Waals surface area contributed by atoms with Crippen molar-refractivity contribution < 1.29 is 57.9 Å². The largest absolute Gasteiger partial charge is 0.459 e. The molecule has 0 radical (unpaired) electrons. The van der Waals surface area contributed by atoms with Gasteiger partial charge in [0.15, 0.2) is 0 Å². The lowest BCUT2D eigenvalue weighted by atomic mass is 9.46. The zero-order chi connectivity index (χ0) is 54.5. The number of fused-ring (bicyclic) bond motifs is 1. The second-order valence-electron chi connectivity index (χ2n) is 30.0. The summed E-state index contributed by atoms with van der Waals surface area (Å²) < 4.78 is 28.9. The van der Waals surface area contributed by atoms with Crippen molar-refractivity contribution in [3.63, 3.8) is 0 Å². The summed E-state index contributed by atoms with van der Waals surface area (Å²) in [6, 6.07) is 0. The smallest absolute Gasteiger partial charge is 0.312 e. The van der Waals surface area contributed by atoms with Gasteiger partial charge in [0.2, 0.25) is 0 Å². The van der Waals surface area contributed by atoms with Crippen molar-refractivity contribution in [1.29, 1.82) is 0 Å². The molecule has 14 aliphatic carbocycles. The summed E-state index contributed by atoms with van der Waals surface area (Å²) in [7, 11) is 0. The molecule has 14 saturated carbocycles. The molecule has 0 spiro atoms. The summed E-state index contributed by atoms with van der Waals surface area (Å²) in [4.78, 5) is 60.4. The first-order valence-electron chi connectivity index (χ1n) is 30.5. The van der Waals surface area contributed by atoms with Crippen molar-refractivity contribution in [1.82, 2.24) is 0 Å². The molecule has 15 rings (SSSR count). The third kappa shape index (κ3) is 11.3. The number of esters is 5. The van der Waals surface area contributed by atoms with Gasteiger partial charge in [0.05, 0.1) is 39.8 Å². The highest BCUT2D eigenvalue weighted by atomic mass is 16.6. The number of rotatable bonds is 13. The predicted molar refractivity (Wildman–Crippen MR) is 284 cm³/mol.